The minimum Gasteiger partial charge on any atom is -0.366 e. The molecule has 0 saturated heterocycles. The number of nitrogens with zero attached hydrogens (tertiary/aromatic N) is 4. The number of hydrogen-bond acceptors (Lipinski definition) is 5. The van der Waals surface area contributed by atoms with E-state index in [2.05, 4.69) is 39.3 Å². The minimum atomic E-state index is 0.686. The fraction of sp³-hybridized carbons (Fsp3) is 0.238. The molecule has 0 aromatic carbocycles. The standard InChI is InChI=1S/C21H22N6/c1-3-4-16-13-24-14(2)26-20(16)18-11-19(27-21-17(18)7-10-23-21)25-12-15-5-8-22-9-6-15/h5-11,13H,3-4,12H2,1-2H3,(H2,23,25,27). The molecule has 6 heteroatoms. The van der Waals surface area contributed by atoms with Gasteiger partial charge in [-0.25, -0.2) is 15.0 Å². The Labute approximate surface area is 158 Å². The van der Waals surface area contributed by atoms with Crippen molar-refractivity contribution in [2.45, 2.75) is 33.2 Å². The van der Waals surface area contributed by atoms with Gasteiger partial charge in [0.1, 0.15) is 17.3 Å². The fourth-order valence-corrected chi connectivity index (χ4v) is 3.20. The van der Waals surface area contributed by atoms with Crippen LogP contribution in [0.5, 0.6) is 0 Å². The van der Waals surface area contributed by atoms with Gasteiger partial charge in [0, 0.05) is 42.3 Å². The van der Waals surface area contributed by atoms with Gasteiger partial charge >= 0.3 is 0 Å². The monoisotopic (exact) mass is 358 g/mol. The van der Waals surface area contributed by atoms with E-state index in [4.69, 9.17) is 9.97 Å². The molecule has 136 valence electrons. The summed E-state index contributed by atoms with van der Waals surface area (Å²) in [5.41, 5.74) is 5.24. The van der Waals surface area contributed by atoms with Gasteiger partial charge in [-0.05, 0) is 48.7 Å². The molecular formula is C21H22N6. The van der Waals surface area contributed by atoms with E-state index in [0.29, 0.717) is 6.54 Å². The average Bonchev–Trinajstić information content (AvgIpc) is 3.17. The van der Waals surface area contributed by atoms with E-state index in [1.54, 1.807) is 12.4 Å². The number of aromatic amines is 1. The first-order valence-corrected chi connectivity index (χ1v) is 9.18. The molecule has 4 heterocycles. The van der Waals surface area contributed by atoms with E-state index < -0.39 is 0 Å². The summed E-state index contributed by atoms with van der Waals surface area (Å²) in [6.07, 6.45) is 9.46. The number of aryl methyl sites for hydroxylation is 2. The first-order valence-electron chi connectivity index (χ1n) is 9.18. The van der Waals surface area contributed by atoms with Crippen LogP contribution in [-0.4, -0.2) is 24.9 Å². The molecular weight excluding hydrogens is 336 g/mol. The quantitative estimate of drug-likeness (QED) is 0.537. The van der Waals surface area contributed by atoms with Crippen LogP contribution in [0, 0.1) is 6.92 Å². The van der Waals surface area contributed by atoms with Crippen molar-refractivity contribution in [3.8, 4) is 11.3 Å². The number of pyridine rings is 2. The molecule has 0 aliphatic heterocycles. The number of aromatic nitrogens is 5. The summed E-state index contributed by atoms with van der Waals surface area (Å²) < 4.78 is 0. The molecule has 0 unspecified atom stereocenters. The van der Waals surface area contributed by atoms with Gasteiger partial charge in [0.05, 0.1) is 5.69 Å². The van der Waals surface area contributed by atoms with Crippen molar-refractivity contribution in [2.24, 2.45) is 0 Å². The first kappa shape index (κ1) is 17.1. The molecule has 0 aliphatic rings. The number of rotatable bonds is 6. The van der Waals surface area contributed by atoms with Gasteiger partial charge in [0.25, 0.3) is 0 Å². The fourth-order valence-electron chi connectivity index (χ4n) is 3.20. The summed E-state index contributed by atoms with van der Waals surface area (Å²) in [7, 11) is 0. The second-order valence-corrected chi connectivity index (χ2v) is 6.55. The molecule has 0 aliphatic carbocycles. The predicted molar refractivity (Wildman–Crippen MR) is 107 cm³/mol. The van der Waals surface area contributed by atoms with Gasteiger partial charge in [-0.1, -0.05) is 13.3 Å². The smallest absolute Gasteiger partial charge is 0.140 e. The molecule has 0 radical (unpaired) electrons. The Bertz CT molecular complexity index is 1050. The Morgan fingerprint density at radius 2 is 1.96 bits per heavy atom. The zero-order valence-corrected chi connectivity index (χ0v) is 15.5. The van der Waals surface area contributed by atoms with Gasteiger partial charge in [-0.2, -0.15) is 0 Å². The Balaban J connectivity index is 1.76. The maximum absolute atomic E-state index is 4.76. The molecule has 4 aromatic heterocycles. The molecule has 2 N–H and O–H groups in total. The third kappa shape index (κ3) is 3.65. The Morgan fingerprint density at radius 1 is 1.11 bits per heavy atom. The second-order valence-electron chi connectivity index (χ2n) is 6.55. The Kier molecular flexibility index (Phi) is 4.78. The van der Waals surface area contributed by atoms with Crippen LogP contribution in [-0.2, 0) is 13.0 Å². The van der Waals surface area contributed by atoms with Gasteiger partial charge in [0.2, 0.25) is 0 Å². The molecule has 4 rings (SSSR count). The van der Waals surface area contributed by atoms with Crippen LogP contribution >= 0.6 is 0 Å². The van der Waals surface area contributed by atoms with Crippen molar-refractivity contribution in [1.82, 2.24) is 24.9 Å². The number of H-pyrrole nitrogens is 1. The van der Waals surface area contributed by atoms with Crippen molar-refractivity contribution >= 4 is 16.9 Å². The lowest BCUT2D eigenvalue weighted by molar-refractivity contribution is 0.894. The molecule has 0 spiro atoms. The average molecular weight is 358 g/mol. The summed E-state index contributed by atoms with van der Waals surface area (Å²) in [4.78, 5) is 21.2. The first-order chi connectivity index (χ1) is 13.2. The highest BCUT2D eigenvalue weighted by molar-refractivity contribution is 5.94. The van der Waals surface area contributed by atoms with E-state index in [9.17, 15) is 0 Å². The molecule has 27 heavy (non-hydrogen) atoms. The summed E-state index contributed by atoms with van der Waals surface area (Å²) in [6.45, 7) is 4.78. The summed E-state index contributed by atoms with van der Waals surface area (Å²) in [6, 6.07) is 8.12. The summed E-state index contributed by atoms with van der Waals surface area (Å²) in [5, 5.41) is 4.49. The second kappa shape index (κ2) is 7.53. The lowest BCUT2D eigenvalue weighted by atomic mass is 10.0. The zero-order valence-electron chi connectivity index (χ0n) is 15.5. The third-order valence-electron chi connectivity index (χ3n) is 4.51. The van der Waals surface area contributed by atoms with Crippen molar-refractivity contribution in [3.05, 3.63) is 66.0 Å². The summed E-state index contributed by atoms with van der Waals surface area (Å²) >= 11 is 0. The third-order valence-corrected chi connectivity index (χ3v) is 4.51. The maximum atomic E-state index is 4.76. The molecule has 6 nitrogen and oxygen atoms in total. The van der Waals surface area contributed by atoms with Crippen molar-refractivity contribution in [2.75, 3.05) is 5.32 Å². The molecule has 0 fully saturated rings. The minimum absolute atomic E-state index is 0.686. The topological polar surface area (TPSA) is 79.4 Å². The zero-order chi connectivity index (χ0) is 18.6. The predicted octanol–water partition coefficient (Wildman–Crippen LogP) is 4.29. The summed E-state index contributed by atoms with van der Waals surface area (Å²) in [5.74, 6) is 1.59. The van der Waals surface area contributed by atoms with Gasteiger partial charge in [-0.15, -0.1) is 0 Å². The number of hydrogen-bond donors (Lipinski definition) is 2. The molecule has 0 saturated carbocycles. The van der Waals surface area contributed by atoms with Crippen LogP contribution in [0.15, 0.2) is 49.1 Å². The van der Waals surface area contributed by atoms with Gasteiger partial charge in [0.15, 0.2) is 0 Å². The number of fused-ring (bicyclic) bond motifs is 1. The van der Waals surface area contributed by atoms with Crippen molar-refractivity contribution in [3.63, 3.8) is 0 Å². The van der Waals surface area contributed by atoms with Crippen molar-refractivity contribution < 1.29 is 0 Å². The molecule has 4 aromatic rings. The van der Waals surface area contributed by atoms with Gasteiger partial charge < -0.3 is 10.3 Å². The number of anilines is 1. The van der Waals surface area contributed by atoms with Crippen LogP contribution in [0.4, 0.5) is 5.82 Å². The molecule has 0 amide bonds. The lowest BCUT2D eigenvalue weighted by Crippen LogP contribution is -2.03. The number of nitrogens with one attached hydrogen (secondary N) is 2. The molecule has 0 bridgehead atoms. The Morgan fingerprint density at radius 3 is 2.78 bits per heavy atom. The van der Waals surface area contributed by atoms with Crippen LogP contribution in [0.3, 0.4) is 0 Å². The van der Waals surface area contributed by atoms with E-state index in [0.717, 1.165) is 57.9 Å². The van der Waals surface area contributed by atoms with E-state index >= 15 is 0 Å². The maximum Gasteiger partial charge on any atom is 0.140 e. The highest BCUT2D eigenvalue weighted by atomic mass is 15.0. The van der Waals surface area contributed by atoms with E-state index in [1.165, 1.54) is 0 Å². The highest BCUT2D eigenvalue weighted by Gasteiger charge is 2.14. The lowest BCUT2D eigenvalue weighted by Gasteiger charge is -2.12. The van der Waals surface area contributed by atoms with Crippen LogP contribution in [0.2, 0.25) is 0 Å². The van der Waals surface area contributed by atoms with Crippen LogP contribution < -0.4 is 5.32 Å². The van der Waals surface area contributed by atoms with Crippen LogP contribution in [0.25, 0.3) is 22.3 Å². The van der Waals surface area contributed by atoms with Crippen LogP contribution in [0.1, 0.15) is 30.3 Å². The SMILES string of the molecule is CCCc1cnc(C)nc1-c1cc(NCc2ccncc2)nc2[nH]ccc12. The Hall–Kier alpha value is -3.28. The van der Waals surface area contributed by atoms with E-state index in [1.807, 2.05) is 31.5 Å². The van der Waals surface area contributed by atoms with Crippen molar-refractivity contribution in [1.29, 1.82) is 0 Å². The normalized spacial score (nSPS) is 11.0. The van der Waals surface area contributed by atoms with E-state index in [-0.39, 0.29) is 0 Å². The van der Waals surface area contributed by atoms with Gasteiger partial charge in [-0.3, -0.25) is 4.98 Å². The largest absolute Gasteiger partial charge is 0.366 e. The molecule has 0 atom stereocenters. The highest BCUT2D eigenvalue weighted by Crippen LogP contribution is 2.31.